The van der Waals surface area contributed by atoms with Crippen molar-refractivity contribution in [2.75, 3.05) is 7.11 Å². The lowest BCUT2D eigenvalue weighted by Crippen LogP contribution is -2.50. The van der Waals surface area contributed by atoms with E-state index in [1.54, 1.807) is 0 Å². The Balaban J connectivity index is 2.44. The lowest BCUT2D eigenvalue weighted by Gasteiger charge is -2.31. The molecule has 2 rings (SSSR count). The first-order valence-electron chi connectivity index (χ1n) is 8.03. The van der Waals surface area contributed by atoms with Crippen LogP contribution in [0, 0.1) is 0 Å². The van der Waals surface area contributed by atoms with E-state index in [2.05, 4.69) is 5.32 Å². The Morgan fingerprint density at radius 1 is 1.00 bits per heavy atom. The van der Waals surface area contributed by atoms with Gasteiger partial charge in [0.15, 0.2) is 0 Å². The zero-order valence-corrected chi connectivity index (χ0v) is 14.3. The molecule has 0 aliphatic carbocycles. The maximum absolute atomic E-state index is 13.1. The second-order valence-electron chi connectivity index (χ2n) is 5.81. The number of ether oxygens (including phenoxy) is 1. The molecule has 0 aliphatic heterocycles. The standard InChI is InChI=1S/C20H23NO3/c1-4-17(18(22)24-3)21-19(23)20(2,15-11-7-5-8-12-15)16-13-9-6-10-14-16/h5-14,17H,4H2,1-3H3,(H,21,23)/t17-/m1/s1. The largest absolute Gasteiger partial charge is 0.467 e. The Labute approximate surface area is 142 Å². The van der Waals surface area contributed by atoms with Crippen molar-refractivity contribution in [3.63, 3.8) is 0 Å². The molecule has 1 N–H and O–H groups in total. The fourth-order valence-electron chi connectivity index (χ4n) is 2.74. The molecule has 4 heteroatoms. The normalized spacial score (nSPS) is 12.3. The molecular weight excluding hydrogens is 302 g/mol. The number of hydrogen-bond acceptors (Lipinski definition) is 3. The highest BCUT2D eigenvalue weighted by Crippen LogP contribution is 2.32. The van der Waals surface area contributed by atoms with E-state index in [9.17, 15) is 9.59 Å². The minimum atomic E-state index is -0.899. The zero-order valence-electron chi connectivity index (χ0n) is 14.3. The summed E-state index contributed by atoms with van der Waals surface area (Å²) in [5, 5.41) is 2.84. The van der Waals surface area contributed by atoms with Gasteiger partial charge in [-0.15, -0.1) is 0 Å². The van der Waals surface area contributed by atoms with Crippen LogP contribution in [0.3, 0.4) is 0 Å². The summed E-state index contributed by atoms with van der Waals surface area (Å²) >= 11 is 0. The lowest BCUT2D eigenvalue weighted by molar-refractivity contribution is -0.145. The van der Waals surface area contributed by atoms with Crippen molar-refractivity contribution in [2.45, 2.75) is 31.7 Å². The Morgan fingerprint density at radius 2 is 1.46 bits per heavy atom. The molecule has 0 fully saturated rings. The van der Waals surface area contributed by atoms with Gasteiger partial charge in [-0.25, -0.2) is 4.79 Å². The van der Waals surface area contributed by atoms with E-state index in [1.165, 1.54) is 7.11 Å². The van der Waals surface area contributed by atoms with Crippen LogP contribution in [0.1, 0.15) is 31.4 Å². The Hall–Kier alpha value is -2.62. The Morgan fingerprint density at radius 3 is 1.83 bits per heavy atom. The van der Waals surface area contributed by atoms with Crippen molar-refractivity contribution >= 4 is 11.9 Å². The van der Waals surface area contributed by atoms with Crippen LogP contribution in [0.25, 0.3) is 0 Å². The SMILES string of the molecule is CC[C@@H](NC(=O)C(C)(c1ccccc1)c1ccccc1)C(=O)OC. The van der Waals surface area contributed by atoms with Gasteiger partial charge in [-0.3, -0.25) is 4.79 Å². The first-order chi connectivity index (χ1) is 11.5. The molecular formula is C20H23NO3. The molecule has 126 valence electrons. The van der Waals surface area contributed by atoms with E-state index in [0.717, 1.165) is 11.1 Å². The third-order valence-corrected chi connectivity index (χ3v) is 4.36. The average Bonchev–Trinajstić information content (AvgIpc) is 2.65. The van der Waals surface area contributed by atoms with Crippen molar-refractivity contribution in [2.24, 2.45) is 0 Å². The summed E-state index contributed by atoms with van der Waals surface area (Å²) in [5.41, 5.74) is 0.839. The predicted molar refractivity (Wildman–Crippen MR) is 93.6 cm³/mol. The van der Waals surface area contributed by atoms with Crippen LogP contribution in [0.2, 0.25) is 0 Å². The van der Waals surface area contributed by atoms with Crippen molar-refractivity contribution in [1.82, 2.24) is 5.32 Å². The summed E-state index contributed by atoms with van der Waals surface area (Å²) < 4.78 is 4.77. The number of rotatable bonds is 6. The molecule has 4 nitrogen and oxygen atoms in total. The molecule has 0 unspecified atom stereocenters. The van der Waals surface area contributed by atoms with E-state index in [-0.39, 0.29) is 5.91 Å². The smallest absolute Gasteiger partial charge is 0.328 e. The summed E-state index contributed by atoms with van der Waals surface area (Å²) in [5.74, 6) is -0.661. The van der Waals surface area contributed by atoms with Gasteiger partial charge in [0.1, 0.15) is 6.04 Å². The van der Waals surface area contributed by atoms with Crippen molar-refractivity contribution in [1.29, 1.82) is 0 Å². The van der Waals surface area contributed by atoms with Gasteiger partial charge in [-0.05, 0) is 24.5 Å². The second-order valence-corrected chi connectivity index (χ2v) is 5.81. The maximum atomic E-state index is 13.1. The number of carbonyl (C=O) groups excluding carboxylic acids is 2. The van der Waals surface area contributed by atoms with Crippen LogP contribution < -0.4 is 5.32 Å². The van der Waals surface area contributed by atoms with E-state index in [4.69, 9.17) is 4.74 Å². The van der Waals surface area contributed by atoms with Gasteiger partial charge in [0.05, 0.1) is 12.5 Å². The highest BCUT2D eigenvalue weighted by atomic mass is 16.5. The number of methoxy groups -OCH3 is 1. The molecule has 0 saturated heterocycles. The van der Waals surface area contributed by atoms with Crippen LogP contribution in [0.4, 0.5) is 0 Å². The number of hydrogen-bond donors (Lipinski definition) is 1. The van der Waals surface area contributed by atoms with Gasteiger partial charge in [-0.2, -0.15) is 0 Å². The summed E-state index contributed by atoms with van der Waals surface area (Å²) in [4.78, 5) is 25.0. The molecule has 0 heterocycles. The van der Waals surface area contributed by atoms with Crippen LogP contribution >= 0.6 is 0 Å². The highest BCUT2D eigenvalue weighted by molar-refractivity contribution is 5.94. The first-order valence-corrected chi connectivity index (χ1v) is 8.03. The van der Waals surface area contributed by atoms with Gasteiger partial charge in [-0.1, -0.05) is 67.6 Å². The lowest BCUT2D eigenvalue weighted by atomic mass is 9.75. The van der Waals surface area contributed by atoms with E-state index in [1.807, 2.05) is 74.5 Å². The predicted octanol–water partition coefficient (Wildman–Crippen LogP) is 3.06. The number of amides is 1. The van der Waals surface area contributed by atoms with E-state index < -0.39 is 17.4 Å². The van der Waals surface area contributed by atoms with E-state index in [0.29, 0.717) is 6.42 Å². The molecule has 2 aromatic carbocycles. The Kier molecular flexibility index (Phi) is 5.74. The minimum Gasteiger partial charge on any atom is -0.467 e. The van der Waals surface area contributed by atoms with Gasteiger partial charge in [0.25, 0.3) is 0 Å². The van der Waals surface area contributed by atoms with Gasteiger partial charge >= 0.3 is 5.97 Å². The average molecular weight is 325 g/mol. The fraction of sp³-hybridized carbons (Fsp3) is 0.300. The zero-order chi connectivity index (χ0) is 17.6. The molecule has 2 aromatic rings. The maximum Gasteiger partial charge on any atom is 0.328 e. The minimum absolute atomic E-state index is 0.225. The van der Waals surface area contributed by atoms with Gasteiger partial charge < -0.3 is 10.1 Å². The van der Waals surface area contributed by atoms with E-state index >= 15 is 0 Å². The molecule has 0 aliphatic rings. The highest BCUT2D eigenvalue weighted by Gasteiger charge is 2.38. The summed E-state index contributed by atoms with van der Waals surface area (Å²) in [6.07, 6.45) is 0.470. The fourth-order valence-corrected chi connectivity index (χ4v) is 2.74. The molecule has 1 atom stereocenters. The van der Waals surface area contributed by atoms with Crippen LogP contribution in [-0.4, -0.2) is 25.0 Å². The van der Waals surface area contributed by atoms with Gasteiger partial charge in [0.2, 0.25) is 5.91 Å². The van der Waals surface area contributed by atoms with Crippen LogP contribution in [0.15, 0.2) is 60.7 Å². The third-order valence-electron chi connectivity index (χ3n) is 4.36. The number of nitrogens with one attached hydrogen (secondary N) is 1. The van der Waals surface area contributed by atoms with Gasteiger partial charge in [0, 0.05) is 0 Å². The quantitative estimate of drug-likeness (QED) is 0.831. The topological polar surface area (TPSA) is 55.4 Å². The molecule has 1 amide bonds. The monoisotopic (exact) mass is 325 g/mol. The Bertz CT molecular complexity index is 643. The second kappa shape index (κ2) is 7.77. The molecule has 0 saturated carbocycles. The van der Waals surface area contributed by atoms with Crippen molar-refractivity contribution in [3.05, 3.63) is 71.8 Å². The number of benzene rings is 2. The summed E-state index contributed by atoms with van der Waals surface area (Å²) in [6, 6.07) is 18.5. The van der Waals surface area contributed by atoms with Crippen LogP contribution in [0.5, 0.6) is 0 Å². The van der Waals surface area contributed by atoms with Crippen molar-refractivity contribution < 1.29 is 14.3 Å². The summed E-state index contributed by atoms with van der Waals surface area (Å²) in [7, 11) is 1.32. The summed E-state index contributed by atoms with van der Waals surface area (Å²) in [6.45, 7) is 3.71. The molecule has 24 heavy (non-hydrogen) atoms. The molecule has 0 spiro atoms. The molecule has 0 aromatic heterocycles. The number of carbonyl (C=O) groups is 2. The third kappa shape index (κ3) is 3.48. The molecule has 0 radical (unpaired) electrons. The molecule has 0 bridgehead atoms. The first kappa shape index (κ1) is 17.7. The number of esters is 1. The van der Waals surface area contributed by atoms with Crippen LogP contribution in [-0.2, 0) is 19.7 Å². The van der Waals surface area contributed by atoms with Crippen molar-refractivity contribution in [3.8, 4) is 0 Å².